The number of benzene rings is 1. The van der Waals surface area contributed by atoms with Crippen molar-refractivity contribution in [2.24, 2.45) is 10.8 Å². The van der Waals surface area contributed by atoms with Crippen molar-refractivity contribution in [1.82, 2.24) is 5.43 Å². The van der Waals surface area contributed by atoms with Crippen LogP contribution in [0.1, 0.15) is 24.5 Å². The number of ether oxygens (including phenoxy) is 1. The fourth-order valence-corrected chi connectivity index (χ4v) is 1.33. The normalized spacial score (nSPS) is 10.6. The zero-order valence-electron chi connectivity index (χ0n) is 10.2. The minimum absolute atomic E-state index is 0.121. The molecule has 6 nitrogen and oxygen atoms in total. The predicted octanol–water partition coefficient (Wildman–Crippen LogP) is 0.970. The van der Waals surface area contributed by atoms with Crippen molar-refractivity contribution in [2.75, 3.05) is 6.61 Å². The maximum Gasteiger partial charge on any atom is 0.332 e. The Balaban J connectivity index is 2.77. The highest BCUT2D eigenvalue weighted by Crippen LogP contribution is 2.19. The monoisotopic (exact) mass is 251 g/mol. The Kier molecular flexibility index (Phi) is 5.66. The van der Waals surface area contributed by atoms with Gasteiger partial charge < -0.3 is 15.6 Å². The molecule has 0 aliphatic heterocycles. The number of hydrogen-bond donors (Lipinski definition) is 3. The number of nitrogens with zero attached hydrogens (tertiary/aromatic N) is 1. The van der Waals surface area contributed by atoms with E-state index in [1.165, 1.54) is 6.21 Å². The Labute approximate surface area is 105 Å². The molecule has 0 aromatic heterocycles. The zero-order valence-corrected chi connectivity index (χ0v) is 10.2. The van der Waals surface area contributed by atoms with Crippen molar-refractivity contribution in [1.29, 1.82) is 0 Å². The van der Waals surface area contributed by atoms with Crippen LogP contribution in [0.3, 0.4) is 0 Å². The van der Waals surface area contributed by atoms with E-state index in [2.05, 4.69) is 10.5 Å². The third-order valence-corrected chi connectivity index (χ3v) is 2.10. The molecule has 1 aromatic rings. The van der Waals surface area contributed by atoms with Gasteiger partial charge in [0.1, 0.15) is 5.75 Å². The molecule has 1 rings (SSSR count). The molecular weight excluding hydrogens is 234 g/mol. The summed E-state index contributed by atoms with van der Waals surface area (Å²) in [5.41, 5.74) is 8.37. The summed E-state index contributed by atoms with van der Waals surface area (Å²) in [7, 11) is 0. The van der Waals surface area contributed by atoms with Crippen LogP contribution in [-0.4, -0.2) is 24.0 Å². The number of aliphatic hydroxyl groups excluding tert-OH is 1. The Hall–Kier alpha value is -2.08. The van der Waals surface area contributed by atoms with Crippen LogP contribution in [0.2, 0.25) is 0 Å². The number of hydrazone groups is 1. The molecule has 0 saturated heterocycles. The first-order valence-electron chi connectivity index (χ1n) is 5.62. The standard InChI is InChI=1S/C12H17N3O3/c1-2-5-18-11-4-3-9(6-10(11)8-16)7-14-15-12(13)17/h3-4,6-7,16H,2,5,8H2,1H3,(H3,13,15,17). The molecule has 0 radical (unpaired) electrons. The lowest BCUT2D eigenvalue weighted by atomic mass is 10.1. The van der Waals surface area contributed by atoms with Gasteiger partial charge in [-0.15, -0.1) is 0 Å². The molecule has 0 unspecified atom stereocenters. The second-order valence-electron chi connectivity index (χ2n) is 3.61. The maximum absolute atomic E-state index is 10.4. The quantitative estimate of drug-likeness (QED) is 0.519. The fourth-order valence-electron chi connectivity index (χ4n) is 1.33. The topological polar surface area (TPSA) is 96.9 Å². The number of nitrogens with one attached hydrogen (secondary N) is 1. The van der Waals surface area contributed by atoms with Crippen molar-refractivity contribution in [3.8, 4) is 5.75 Å². The summed E-state index contributed by atoms with van der Waals surface area (Å²) in [6.07, 6.45) is 2.34. The van der Waals surface area contributed by atoms with Crippen LogP contribution in [-0.2, 0) is 6.61 Å². The summed E-state index contributed by atoms with van der Waals surface area (Å²) in [5.74, 6) is 0.652. The molecule has 0 saturated carbocycles. The van der Waals surface area contributed by atoms with E-state index >= 15 is 0 Å². The molecule has 2 amide bonds. The first-order chi connectivity index (χ1) is 8.67. The van der Waals surface area contributed by atoms with Gasteiger partial charge in [0, 0.05) is 5.56 Å². The molecule has 1 aromatic carbocycles. The van der Waals surface area contributed by atoms with Gasteiger partial charge in [-0.25, -0.2) is 10.2 Å². The Morgan fingerprint density at radius 1 is 1.61 bits per heavy atom. The molecule has 0 fully saturated rings. The van der Waals surface area contributed by atoms with Gasteiger partial charge >= 0.3 is 6.03 Å². The number of rotatable bonds is 6. The van der Waals surface area contributed by atoms with E-state index < -0.39 is 6.03 Å². The maximum atomic E-state index is 10.4. The number of hydrogen-bond acceptors (Lipinski definition) is 4. The summed E-state index contributed by atoms with van der Waals surface area (Å²) in [6.45, 7) is 2.49. The van der Waals surface area contributed by atoms with Gasteiger partial charge in [0.25, 0.3) is 0 Å². The highest BCUT2D eigenvalue weighted by molar-refractivity contribution is 5.82. The van der Waals surface area contributed by atoms with Crippen LogP contribution in [0.5, 0.6) is 5.75 Å². The van der Waals surface area contributed by atoms with Gasteiger partial charge in [-0.2, -0.15) is 5.10 Å². The first kappa shape index (κ1) is 14.0. The van der Waals surface area contributed by atoms with E-state index in [9.17, 15) is 9.90 Å². The molecular formula is C12H17N3O3. The van der Waals surface area contributed by atoms with Crippen molar-refractivity contribution < 1.29 is 14.6 Å². The summed E-state index contributed by atoms with van der Waals surface area (Å²) in [5, 5.41) is 12.9. The van der Waals surface area contributed by atoms with Crippen molar-refractivity contribution in [2.45, 2.75) is 20.0 Å². The Morgan fingerprint density at radius 2 is 2.39 bits per heavy atom. The number of urea groups is 1. The molecule has 0 aliphatic rings. The third-order valence-electron chi connectivity index (χ3n) is 2.10. The smallest absolute Gasteiger partial charge is 0.332 e. The lowest BCUT2D eigenvalue weighted by Crippen LogP contribution is -2.24. The van der Waals surface area contributed by atoms with Gasteiger partial charge in [-0.3, -0.25) is 0 Å². The number of primary amides is 1. The van der Waals surface area contributed by atoms with Crippen molar-refractivity contribution >= 4 is 12.2 Å². The van der Waals surface area contributed by atoms with Crippen molar-refractivity contribution in [3.63, 3.8) is 0 Å². The predicted molar refractivity (Wildman–Crippen MR) is 68.5 cm³/mol. The Bertz CT molecular complexity index is 433. The highest BCUT2D eigenvalue weighted by atomic mass is 16.5. The van der Waals surface area contributed by atoms with Gasteiger partial charge in [0.2, 0.25) is 0 Å². The molecule has 0 bridgehead atoms. The lowest BCUT2D eigenvalue weighted by Gasteiger charge is -2.09. The van der Waals surface area contributed by atoms with Gasteiger partial charge in [-0.05, 0) is 30.2 Å². The van der Waals surface area contributed by atoms with Crippen LogP contribution in [0.25, 0.3) is 0 Å². The highest BCUT2D eigenvalue weighted by Gasteiger charge is 2.03. The number of nitrogens with two attached hydrogens (primary N) is 1. The lowest BCUT2D eigenvalue weighted by molar-refractivity contribution is 0.249. The molecule has 0 spiro atoms. The average Bonchev–Trinajstić information content (AvgIpc) is 2.36. The van der Waals surface area contributed by atoms with Crippen LogP contribution in [0.15, 0.2) is 23.3 Å². The largest absolute Gasteiger partial charge is 0.493 e. The molecule has 18 heavy (non-hydrogen) atoms. The molecule has 0 heterocycles. The number of carbonyl (C=O) groups is 1. The fraction of sp³-hybridized carbons (Fsp3) is 0.333. The number of amides is 2. The molecule has 0 aliphatic carbocycles. The van der Waals surface area contributed by atoms with Crippen LogP contribution in [0.4, 0.5) is 4.79 Å². The zero-order chi connectivity index (χ0) is 13.4. The summed E-state index contributed by atoms with van der Waals surface area (Å²) >= 11 is 0. The molecule has 0 atom stereocenters. The van der Waals surface area contributed by atoms with Gasteiger partial charge in [0.05, 0.1) is 19.4 Å². The van der Waals surface area contributed by atoms with E-state index in [1.807, 2.05) is 6.92 Å². The molecule has 6 heteroatoms. The van der Waals surface area contributed by atoms with E-state index in [4.69, 9.17) is 10.5 Å². The summed E-state index contributed by atoms with van der Waals surface area (Å²) < 4.78 is 5.48. The molecule has 98 valence electrons. The first-order valence-corrected chi connectivity index (χ1v) is 5.62. The van der Waals surface area contributed by atoms with E-state index in [0.29, 0.717) is 17.9 Å². The van der Waals surface area contributed by atoms with Crippen molar-refractivity contribution in [3.05, 3.63) is 29.3 Å². The third kappa shape index (κ3) is 4.42. The van der Waals surface area contributed by atoms with E-state index in [-0.39, 0.29) is 6.61 Å². The minimum Gasteiger partial charge on any atom is -0.493 e. The molecule has 4 N–H and O–H groups in total. The van der Waals surface area contributed by atoms with Gasteiger partial charge in [0.15, 0.2) is 0 Å². The van der Waals surface area contributed by atoms with E-state index in [0.717, 1.165) is 12.0 Å². The van der Waals surface area contributed by atoms with Gasteiger partial charge in [-0.1, -0.05) is 6.92 Å². The van der Waals surface area contributed by atoms with E-state index in [1.54, 1.807) is 18.2 Å². The SMILES string of the molecule is CCCOc1ccc(C=NNC(N)=O)cc1CO. The minimum atomic E-state index is -0.725. The van der Waals surface area contributed by atoms with Crippen LogP contribution < -0.4 is 15.9 Å². The van der Waals surface area contributed by atoms with Crippen LogP contribution >= 0.6 is 0 Å². The number of aliphatic hydroxyl groups is 1. The summed E-state index contributed by atoms with van der Waals surface area (Å²) in [6, 6.07) is 4.54. The van der Waals surface area contributed by atoms with Crippen LogP contribution in [0, 0.1) is 0 Å². The second-order valence-corrected chi connectivity index (χ2v) is 3.61. The second kappa shape index (κ2) is 7.29. The average molecular weight is 251 g/mol. The Morgan fingerprint density at radius 3 is 3.00 bits per heavy atom. The number of carbonyl (C=O) groups excluding carboxylic acids is 1. The summed E-state index contributed by atoms with van der Waals surface area (Å²) in [4.78, 5) is 10.4.